The summed E-state index contributed by atoms with van der Waals surface area (Å²) in [4.78, 5) is 12.0. The molecule has 0 amide bonds. The van der Waals surface area contributed by atoms with Crippen molar-refractivity contribution in [3.8, 4) is 0 Å². The minimum Gasteiger partial charge on any atom is -0.478 e. The Bertz CT molecular complexity index is 800. The fraction of sp³-hybridized carbons (Fsp3) is 0.571. The molecule has 1 aliphatic heterocycles. The maximum absolute atomic E-state index is 12.0. The summed E-state index contributed by atoms with van der Waals surface area (Å²) in [5.74, 6) is -2.20. The number of aryl methyl sites for hydroxylation is 1. The van der Waals surface area contributed by atoms with Crippen LogP contribution in [0.5, 0.6) is 0 Å². The van der Waals surface area contributed by atoms with Crippen LogP contribution >= 0.6 is 23.4 Å². The molecule has 1 heterocycles. The van der Waals surface area contributed by atoms with Gasteiger partial charge in [0, 0.05) is 21.9 Å². The maximum Gasteiger partial charge on any atom is 0.332 e. The third-order valence-electron chi connectivity index (χ3n) is 5.91. The Labute approximate surface area is 178 Å². The summed E-state index contributed by atoms with van der Waals surface area (Å²) in [5, 5.41) is 29.5. The molecule has 158 valence electrons. The fourth-order valence-corrected chi connectivity index (χ4v) is 6.61. The molecule has 1 aromatic rings. The third kappa shape index (κ3) is 4.09. The maximum atomic E-state index is 12.0. The van der Waals surface area contributed by atoms with Gasteiger partial charge in [0.05, 0.1) is 18.8 Å². The molecule has 6 nitrogen and oxygen atoms in total. The summed E-state index contributed by atoms with van der Waals surface area (Å²) in [6.45, 7) is -0.586. The van der Waals surface area contributed by atoms with Gasteiger partial charge in [0.1, 0.15) is 12.2 Å². The van der Waals surface area contributed by atoms with E-state index in [-0.39, 0.29) is 29.3 Å². The average molecular weight is 441 g/mol. The SMILES string of the molecule is O=C(O)C1=CC2(CC[C@H]1S[C@H]1CCCc3cccc(Cl)c31)O[C@@H](CO)[C@H](CO)O2. The molecule has 0 radical (unpaired) electrons. The summed E-state index contributed by atoms with van der Waals surface area (Å²) in [7, 11) is 0. The Morgan fingerprint density at radius 3 is 2.55 bits per heavy atom. The van der Waals surface area contributed by atoms with Crippen molar-refractivity contribution in [3.05, 3.63) is 46.0 Å². The second-order valence-corrected chi connectivity index (χ2v) is 9.57. The normalized spacial score (nSPS) is 30.8. The van der Waals surface area contributed by atoms with Crippen molar-refractivity contribution in [2.75, 3.05) is 13.2 Å². The van der Waals surface area contributed by atoms with Crippen LogP contribution < -0.4 is 0 Å². The second kappa shape index (κ2) is 8.57. The molecule has 1 saturated heterocycles. The van der Waals surface area contributed by atoms with Crippen LogP contribution in [0.3, 0.4) is 0 Å². The van der Waals surface area contributed by atoms with Crippen LogP contribution in [0.25, 0.3) is 0 Å². The first-order chi connectivity index (χ1) is 14.0. The lowest BCUT2D eigenvalue weighted by atomic mass is 9.91. The minimum atomic E-state index is -1.20. The molecule has 8 heteroatoms. The van der Waals surface area contributed by atoms with Crippen LogP contribution in [-0.4, -0.2) is 57.7 Å². The van der Waals surface area contributed by atoms with Gasteiger partial charge in [-0.1, -0.05) is 23.7 Å². The van der Waals surface area contributed by atoms with Gasteiger partial charge in [-0.25, -0.2) is 4.79 Å². The highest BCUT2D eigenvalue weighted by Gasteiger charge is 2.49. The number of thioether (sulfide) groups is 1. The first kappa shape index (κ1) is 21.2. The van der Waals surface area contributed by atoms with Gasteiger partial charge >= 0.3 is 5.97 Å². The van der Waals surface area contributed by atoms with Crippen molar-refractivity contribution in [2.45, 2.75) is 60.6 Å². The zero-order valence-electron chi connectivity index (χ0n) is 15.9. The number of halogens is 1. The molecular weight excluding hydrogens is 416 g/mol. The van der Waals surface area contributed by atoms with E-state index in [1.54, 1.807) is 11.8 Å². The Kier molecular flexibility index (Phi) is 6.25. The largest absolute Gasteiger partial charge is 0.478 e. The van der Waals surface area contributed by atoms with E-state index in [1.165, 1.54) is 11.6 Å². The average Bonchev–Trinajstić information content (AvgIpc) is 3.07. The highest BCUT2D eigenvalue weighted by molar-refractivity contribution is 8.00. The van der Waals surface area contributed by atoms with Gasteiger partial charge in [-0.2, -0.15) is 0 Å². The third-order valence-corrected chi connectivity index (χ3v) is 7.85. The number of aliphatic hydroxyl groups is 2. The standard InChI is InChI=1S/C21H25ClO6S/c22-14-5-1-3-12-4-2-6-18(19(12)14)29-17-7-8-21(9-13(17)20(25)26)27-15(10-23)16(11-24)28-21/h1,3,5,9,15-18,23-24H,2,4,6-8,10-11H2,(H,25,26)/t15-,16-,17+,18-/m0/s1. The summed E-state index contributed by atoms with van der Waals surface area (Å²) >= 11 is 8.13. The zero-order chi connectivity index (χ0) is 20.6. The van der Waals surface area contributed by atoms with Crippen molar-refractivity contribution in [1.82, 2.24) is 0 Å². The van der Waals surface area contributed by atoms with Gasteiger partial charge in [0.15, 0.2) is 5.79 Å². The van der Waals surface area contributed by atoms with Crippen molar-refractivity contribution in [2.24, 2.45) is 0 Å². The van der Waals surface area contributed by atoms with E-state index in [0.29, 0.717) is 12.8 Å². The van der Waals surface area contributed by atoms with E-state index < -0.39 is 24.0 Å². The quantitative estimate of drug-likeness (QED) is 0.647. The number of carboxylic acids is 1. The van der Waals surface area contributed by atoms with Gasteiger partial charge in [0.2, 0.25) is 0 Å². The summed E-state index contributed by atoms with van der Waals surface area (Å²) in [5.41, 5.74) is 2.62. The van der Waals surface area contributed by atoms with Gasteiger partial charge in [-0.05, 0) is 49.0 Å². The van der Waals surface area contributed by atoms with E-state index in [1.807, 2.05) is 12.1 Å². The molecule has 0 aromatic heterocycles. The Morgan fingerprint density at radius 1 is 1.17 bits per heavy atom. The molecule has 1 spiro atoms. The topological polar surface area (TPSA) is 96.2 Å². The molecule has 4 atom stereocenters. The number of fused-ring (bicyclic) bond motifs is 1. The predicted octanol–water partition coefficient (Wildman–Crippen LogP) is 3.09. The van der Waals surface area contributed by atoms with Crippen LogP contribution in [0.4, 0.5) is 0 Å². The van der Waals surface area contributed by atoms with Gasteiger partial charge in [0.25, 0.3) is 0 Å². The number of carbonyl (C=O) groups is 1. The van der Waals surface area contributed by atoms with Crippen LogP contribution in [0.2, 0.25) is 5.02 Å². The minimum absolute atomic E-state index is 0.148. The smallest absolute Gasteiger partial charge is 0.332 e. The van der Waals surface area contributed by atoms with E-state index in [9.17, 15) is 20.1 Å². The van der Waals surface area contributed by atoms with E-state index >= 15 is 0 Å². The molecule has 0 unspecified atom stereocenters. The molecular formula is C21H25ClO6S. The molecule has 2 aliphatic carbocycles. The molecule has 29 heavy (non-hydrogen) atoms. The van der Waals surface area contributed by atoms with Gasteiger partial charge < -0.3 is 24.8 Å². The lowest BCUT2D eigenvalue weighted by Gasteiger charge is -2.36. The molecule has 0 saturated carbocycles. The summed E-state index contributed by atoms with van der Waals surface area (Å²) in [6, 6.07) is 5.96. The van der Waals surface area contributed by atoms with E-state index in [2.05, 4.69) is 6.07 Å². The number of ether oxygens (including phenoxy) is 2. The number of hydrogen-bond acceptors (Lipinski definition) is 6. The highest BCUT2D eigenvalue weighted by Crippen LogP contribution is 2.50. The summed E-state index contributed by atoms with van der Waals surface area (Å²) in [6.07, 6.45) is 4.24. The Balaban J connectivity index is 1.59. The molecule has 3 aliphatic rings. The monoisotopic (exact) mass is 440 g/mol. The Hall–Kier alpha value is -1.09. The van der Waals surface area contributed by atoms with Crippen molar-refractivity contribution in [3.63, 3.8) is 0 Å². The van der Waals surface area contributed by atoms with Crippen LogP contribution in [0.1, 0.15) is 42.1 Å². The van der Waals surface area contributed by atoms with E-state index in [0.717, 1.165) is 29.8 Å². The predicted molar refractivity (Wildman–Crippen MR) is 110 cm³/mol. The molecule has 4 rings (SSSR count). The molecule has 1 fully saturated rings. The number of rotatable bonds is 5. The molecule has 0 bridgehead atoms. The van der Waals surface area contributed by atoms with E-state index in [4.69, 9.17) is 21.1 Å². The summed E-state index contributed by atoms with van der Waals surface area (Å²) < 4.78 is 11.7. The second-order valence-electron chi connectivity index (χ2n) is 7.75. The van der Waals surface area contributed by atoms with Gasteiger partial charge in [-0.3, -0.25) is 0 Å². The van der Waals surface area contributed by atoms with Crippen molar-refractivity contribution in [1.29, 1.82) is 0 Å². The highest BCUT2D eigenvalue weighted by atomic mass is 35.5. The number of aliphatic carboxylic acids is 1. The van der Waals surface area contributed by atoms with Gasteiger partial charge in [-0.15, -0.1) is 11.8 Å². The first-order valence-electron chi connectivity index (χ1n) is 9.92. The van der Waals surface area contributed by atoms with Crippen LogP contribution in [0, 0.1) is 0 Å². The van der Waals surface area contributed by atoms with Crippen LogP contribution in [-0.2, 0) is 20.7 Å². The molecule has 1 aromatic carbocycles. The fourth-order valence-electron chi connectivity index (χ4n) is 4.54. The van der Waals surface area contributed by atoms with Crippen molar-refractivity contribution >= 4 is 29.3 Å². The lowest BCUT2D eigenvalue weighted by molar-refractivity contribution is -0.153. The number of hydrogen-bond donors (Lipinski definition) is 3. The lowest BCUT2D eigenvalue weighted by Crippen LogP contribution is -2.37. The number of aliphatic hydroxyl groups excluding tert-OH is 2. The number of carboxylic acid groups (broad SMARTS) is 1. The van der Waals surface area contributed by atoms with Crippen molar-refractivity contribution < 1.29 is 29.6 Å². The molecule has 3 N–H and O–H groups in total. The first-order valence-corrected chi connectivity index (χ1v) is 11.2. The Morgan fingerprint density at radius 2 is 1.90 bits per heavy atom. The zero-order valence-corrected chi connectivity index (χ0v) is 17.5. The number of benzene rings is 1. The van der Waals surface area contributed by atoms with Crippen LogP contribution in [0.15, 0.2) is 29.8 Å².